The van der Waals surface area contributed by atoms with Gasteiger partial charge in [0.1, 0.15) is 10.6 Å². The van der Waals surface area contributed by atoms with E-state index in [0.29, 0.717) is 37.7 Å². The average Bonchev–Trinajstić information content (AvgIpc) is 3.39. The summed E-state index contributed by atoms with van der Waals surface area (Å²) in [5, 5.41) is 0. The molecule has 0 unspecified atom stereocenters. The molecule has 2 aromatic carbocycles. The van der Waals surface area contributed by atoms with Crippen molar-refractivity contribution in [2.45, 2.75) is 50.3 Å². The van der Waals surface area contributed by atoms with Crippen LogP contribution in [0.1, 0.15) is 53.6 Å². The van der Waals surface area contributed by atoms with Gasteiger partial charge in [0.05, 0.1) is 7.11 Å². The minimum atomic E-state index is -3.68. The Balaban J connectivity index is 1.39. The maximum Gasteiger partial charge on any atom is 0.253 e. The Morgan fingerprint density at radius 2 is 1.67 bits per heavy atom. The zero-order chi connectivity index (χ0) is 23.4. The number of carbonyl (C=O) groups excluding carboxylic acids is 1. The molecule has 2 heterocycles. The van der Waals surface area contributed by atoms with Crippen molar-refractivity contribution >= 4 is 15.9 Å². The van der Waals surface area contributed by atoms with Crippen molar-refractivity contribution in [3.63, 3.8) is 0 Å². The number of carbonyl (C=O) groups is 1. The van der Waals surface area contributed by atoms with Crippen LogP contribution in [0.25, 0.3) is 0 Å². The van der Waals surface area contributed by atoms with E-state index in [-0.39, 0.29) is 16.6 Å². The average molecular weight is 471 g/mol. The molecule has 2 aliphatic rings. The smallest absolute Gasteiger partial charge is 0.253 e. The first kappa shape index (κ1) is 23.8. The van der Waals surface area contributed by atoms with Crippen LogP contribution in [0, 0.1) is 12.8 Å². The molecule has 0 spiro atoms. The molecule has 2 aromatic rings. The Kier molecular flexibility index (Phi) is 7.39. The lowest BCUT2D eigenvalue weighted by Gasteiger charge is -2.32. The highest BCUT2D eigenvalue weighted by molar-refractivity contribution is 7.89. The summed E-state index contributed by atoms with van der Waals surface area (Å²) in [6.07, 6.45) is 5.87. The SMILES string of the molecule is COc1ccc(C(=O)N2CCC(CCc3ccc(C)cc3)CC2)cc1S(=O)(=O)N1CCCC1. The van der Waals surface area contributed by atoms with Gasteiger partial charge in [0.15, 0.2) is 0 Å². The lowest BCUT2D eigenvalue weighted by molar-refractivity contribution is 0.0686. The monoisotopic (exact) mass is 470 g/mol. The van der Waals surface area contributed by atoms with Crippen molar-refractivity contribution in [2.75, 3.05) is 33.3 Å². The number of ether oxygens (including phenoxy) is 1. The molecule has 0 radical (unpaired) electrons. The number of methoxy groups -OCH3 is 1. The standard InChI is InChI=1S/C26H34N2O4S/c1-20-5-7-21(8-6-20)9-10-22-13-17-27(18-14-22)26(29)23-11-12-24(32-2)25(19-23)33(30,31)28-15-3-4-16-28/h5-8,11-12,19,22H,3-4,9-10,13-18H2,1-2H3. The van der Waals surface area contributed by atoms with Gasteiger partial charge in [-0.25, -0.2) is 8.42 Å². The number of piperidine rings is 1. The molecular formula is C26H34N2O4S. The largest absolute Gasteiger partial charge is 0.495 e. The molecule has 7 heteroatoms. The van der Waals surface area contributed by atoms with Gasteiger partial charge in [-0.1, -0.05) is 29.8 Å². The highest BCUT2D eigenvalue weighted by atomic mass is 32.2. The van der Waals surface area contributed by atoms with Gasteiger partial charge in [-0.15, -0.1) is 0 Å². The fourth-order valence-electron chi connectivity index (χ4n) is 4.81. The Morgan fingerprint density at radius 3 is 2.30 bits per heavy atom. The topological polar surface area (TPSA) is 66.9 Å². The number of amides is 1. The van der Waals surface area contributed by atoms with Gasteiger partial charge in [-0.3, -0.25) is 4.79 Å². The fraction of sp³-hybridized carbons (Fsp3) is 0.500. The van der Waals surface area contributed by atoms with Crippen molar-refractivity contribution in [3.05, 3.63) is 59.2 Å². The van der Waals surface area contributed by atoms with E-state index in [2.05, 4.69) is 31.2 Å². The lowest BCUT2D eigenvalue weighted by Crippen LogP contribution is -2.38. The molecule has 4 rings (SSSR count). The summed E-state index contributed by atoms with van der Waals surface area (Å²) in [6, 6.07) is 13.5. The van der Waals surface area contributed by atoms with Gasteiger partial charge >= 0.3 is 0 Å². The van der Waals surface area contributed by atoms with E-state index >= 15 is 0 Å². The van der Waals surface area contributed by atoms with Crippen LogP contribution in [-0.2, 0) is 16.4 Å². The van der Waals surface area contributed by atoms with Crippen molar-refractivity contribution < 1.29 is 17.9 Å². The molecule has 1 amide bonds. The summed E-state index contributed by atoms with van der Waals surface area (Å²) in [6.45, 7) is 4.54. The maximum absolute atomic E-state index is 13.2. The molecule has 178 valence electrons. The van der Waals surface area contributed by atoms with E-state index < -0.39 is 10.0 Å². The number of benzene rings is 2. The van der Waals surface area contributed by atoms with Crippen molar-refractivity contribution in [2.24, 2.45) is 5.92 Å². The van der Waals surface area contributed by atoms with Crippen LogP contribution in [-0.4, -0.2) is 56.8 Å². The molecule has 0 aliphatic carbocycles. The number of hydrogen-bond donors (Lipinski definition) is 0. The van der Waals surface area contributed by atoms with Crippen LogP contribution in [0.2, 0.25) is 0 Å². The van der Waals surface area contributed by atoms with Crippen LogP contribution in [0.4, 0.5) is 0 Å². The third-order valence-electron chi connectivity index (χ3n) is 6.96. The van der Waals surface area contributed by atoms with Crippen LogP contribution >= 0.6 is 0 Å². The minimum absolute atomic E-state index is 0.0886. The summed E-state index contributed by atoms with van der Waals surface area (Å²) in [4.78, 5) is 15.1. The number of rotatable bonds is 7. The summed E-state index contributed by atoms with van der Waals surface area (Å²) < 4.78 is 33.1. The number of likely N-dealkylation sites (tertiary alicyclic amines) is 1. The molecular weight excluding hydrogens is 436 g/mol. The summed E-state index contributed by atoms with van der Waals surface area (Å²) in [5.41, 5.74) is 3.05. The summed E-state index contributed by atoms with van der Waals surface area (Å²) in [5.74, 6) is 0.790. The molecule has 33 heavy (non-hydrogen) atoms. The van der Waals surface area contributed by atoms with Crippen molar-refractivity contribution in [1.82, 2.24) is 9.21 Å². The normalized spacial score (nSPS) is 17.9. The Morgan fingerprint density at radius 1 is 1.00 bits per heavy atom. The number of hydrogen-bond acceptors (Lipinski definition) is 4. The minimum Gasteiger partial charge on any atom is -0.495 e. The molecule has 0 atom stereocenters. The predicted molar refractivity (Wildman–Crippen MR) is 129 cm³/mol. The van der Waals surface area contributed by atoms with Gasteiger partial charge in [-0.05, 0) is 75.1 Å². The molecule has 0 bridgehead atoms. The van der Waals surface area contributed by atoms with E-state index in [1.165, 1.54) is 28.6 Å². The second kappa shape index (κ2) is 10.3. The Bertz CT molecular complexity index is 1070. The number of sulfonamides is 1. The molecule has 0 saturated carbocycles. The fourth-order valence-corrected chi connectivity index (χ4v) is 6.51. The second-order valence-electron chi connectivity index (χ2n) is 9.24. The summed E-state index contributed by atoms with van der Waals surface area (Å²) >= 11 is 0. The third kappa shape index (κ3) is 5.41. The van der Waals surface area contributed by atoms with E-state index in [0.717, 1.165) is 38.5 Å². The highest BCUT2D eigenvalue weighted by Gasteiger charge is 2.31. The van der Waals surface area contributed by atoms with Gasteiger partial charge in [0.25, 0.3) is 5.91 Å². The van der Waals surface area contributed by atoms with Crippen LogP contribution in [0.3, 0.4) is 0 Å². The van der Waals surface area contributed by atoms with E-state index in [1.807, 2.05) is 4.90 Å². The van der Waals surface area contributed by atoms with Gasteiger partial charge < -0.3 is 9.64 Å². The molecule has 2 aliphatic heterocycles. The highest BCUT2D eigenvalue weighted by Crippen LogP contribution is 2.31. The maximum atomic E-state index is 13.2. The molecule has 0 N–H and O–H groups in total. The zero-order valence-corrected chi connectivity index (χ0v) is 20.4. The zero-order valence-electron chi connectivity index (χ0n) is 19.6. The van der Waals surface area contributed by atoms with E-state index in [4.69, 9.17) is 4.74 Å². The van der Waals surface area contributed by atoms with E-state index in [1.54, 1.807) is 12.1 Å². The quantitative estimate of drug-likeness (QED) is 0.606. The summed E-state index contributed by atoms with van der Waals surface area (Å²) in [7, 11) is -2.22. The van der Waals surface area contributed by atoms with E-state index in [9.17, 15) is 13.2 Å². The van der Waals surface area contributed by atoms with Gasteiger partial charge in [0.2, 0.25) is 10.0 Å². The number of nitrogens with zero attached hydrogens (tertiary/aromatic N) is 2. The van der Waals surface area contributed by atoms with Crippen LogP contribution < -0.4 is 4.74 Å². The molecule has 6 nitrogen and oxygen atoms in total. The van der Waals surface area contributed by atoms with Gasteiger partial charge in [0, 0.05) is 31.7 Å². The first-order valence-electron chi connectivity index (χ1n) is 11.9. The Hall–Kier alpha value is -2.38. The predicted octanol–water partition coefficient (Wildman–Crippen LogP) is 4.27. The first-order valence-corrected chi connectivity index (χ1v) is 13.4. The molecule has 0 aromatic heterocycles. The van der Waals surface area contributed by atoms with Crippen molar-refractivity contribution in [3.8, 4) is 5.75 Å². The third-order valence-corrected chi connectivity index (χ3v) is 8.88. The van der Waals surface area contributed by atoms with Crippen LogP contribution in [0.5, 0.6) is 5.75 Å². The second-order valence-corrected chi connectivity index (χ2v) is 11.1. The Labute approximate surface area is 197 Å². The van der Waals surface area contributed by atoms with Crippen molar-refractivity contribution in [1.29, 1.82) is 0 Å². The van der Waals surface area contributed by atoms with Crippen LogP contribution in [0.15, 0.2) is 47.4 Å². The van der Waals surface area contributed by atoms with Gasteiger partial charge in [-0.2, -0.15) is 4.31 Å². The first-order chi connectivity index (χ1) is 15.9. The molecule has 2 saturated heterocycles. The molecule has 2 fully saturated rings. The lowest BCUT2D eigenvalue weighted by atomic mass is 9.90. The number of aryl methyl sites for hydroxylation is 2.